The third kappa shape index (κ3) is 5.12. The second kappa shape index (κ2) is 11.0. The van der Waals surface area contributed by atoms with Crippen molar-refractivity contribution in [2.24, 2.45) is 28.6 Å². The molecular formula is C29H41NO10. The van der Waals surface area contributed by atoms with E-state index >= 15 is 0 Å². The predicted molar refractivity (Wildman–Crippen MR) is 139 cm³/mol. The standard InChI is InChI=1S/C29H41NO10/c1-15(31)25(26(37)38)30-22(35)6-7-23(36)40-14-21(34)29(39)11-9-19-18-5-4-16-12-17(32)8-10-27(16,2)24(18)20(33)13-28(19,29)3/h12,15,18-20,24-25,31,33,39H,4-11,13-14H2,1-3H3,(H,30,35)(H,37,38)/t15-,18-,19-,20-,24+,25+,27-,28-,29-/m0/s1. The summed E-state index contributed by atoms with van der Waals surface area (Å²) in [7, 11) is 0. The topological polar surface area (TPSA) is 188 Å². The van der Waals surface area contributed by atoms with Crippen LogP contribution in [0.2, 0.25) is 0 Å². The van der Waals surface area contributed by atoms with Crippen LogP contribution in [0.1, 0.15) is 78.6 Å². The lowest BCUT2D eigenvalue weighted by molar-refractivity contribution is -0.184. The summed E-state index contributed by atoms with van der Waals surface area (Å²) in [6, 6.07) is -1.52. The van der Waals surface area contributed by atoms with Gasteiger partial charge in [-0.1, -0.05) is 19.4 Å². The van der Waals surface area contributed by atoms with Gasteiger partial charge < -0.3 is 30.5 Å². The molecule has 11 nitrogen and oxygen atoms in total. The molecule has 3 saturated carbocycles. The number of carboxylic acid groups (broad SMARTS) is 1. The van der Waals surface area contributed by atoms with Crippen LogP contribution in [0.5, 0.6) is 0 Å². The summed E-state index contributed by atoms with van der Waals surface area (Å²) < 4.78 is 5.09. The molecule has 4 aliphatic carbocycles. The summed E-state index contributed by atoms with van der Waals surface area (Å²) in [6.07, 6.45) is 2.53. The smallest absolute Gasteiger partial charge is 0.328 e. The Hall–Kier alpha value is -2.63. The van der Waals surface area contributed by atoms with Gasteiger partial charge in [0.05, 0.1) is 18.6 Å². The van der Waals surface area contributed by atoms with Gasteiger partial charge in [-0.15, -0.1) is 0 Å². The normalized spacial score (nSPS) is 38.1. The summed E-state index contributed by atoms with van der Waals surface area (Å²) in [5.41, 5.74) is -1.88. The van der Waals surface area contributed by atoms with Crippen LogP contribution in [-0.4, -0.2) is 80.3 Å². The van der Waals surface area contributed by atoms with Crippen LogP contribution in [0.3, 0.4) is 0 Å². The molecule has 0 unspecified atom stereocenters. The van der Waals surface area contributed by atoms with Gasteiger partial charge in [0.2, 0.25) is 11.7 Å². The Labute approximate surface area is 233 Å². The van der Waals surface area contributed by atoms with Crippen molar-refractivity contribution in [2.75, 3.05) is 6.61 Å². The summed E-state index contributed by atoms with van der Waals surface area (Å²) in [5, 5.41) is 43.8. The first-order chi connectivity index (χ1) is 18.6. The Balaban J connectivity index is 1.38. The number of ketones is 2. The van der Waals surface area contributed by atoms with Gasteiger partial charge in [0, 0.05) is 18.3 Å². The van der Waals surface area contributed by atoms with Crippen LogP contribution in [0, 0.1) is 28.6 Å². The van der Waals surface area contributed by atoms with Crippen molar-refractivity contribution in [3.63, 3.8) is 0 Å². The fourth-order valence-electron chi connectivity index (χ4n) is 8.34. The minimum absolute atomic E-state index is 0.0126. The molecule has 1 amide bonds. The van der Waals surface area contributed by atoms with Crippen molar-refractivity contribution in [1.82, 2.24) is 5.32 Å². The maximum absolute atomic E-state index is 13.3. The molecule has 9 atom stereocenters. The van der Waals surface area contributed by atoms with Crippen molar-refractivity contribution < 1.29 is 49.1 Å². The molecule has 0 heterocycles. The Morgan fingerprint density at radius 2 is 1.82 bits per heavy atom. The molecule has 5 N–H and O–H groups in total. The quantitative estimate of drug-likeness (QED) is 0.254. The molecule has 3 fully saturated rings. The fourth-order valence-corrected chi connectivity index (χ4v) is 8.34. The first-order valence-corrected chi connectivity index (χ1v) is 14.2. The monoisotopic (exact) mass is 563 g/mol. The highest BCUT2D eigenvalue weighted by Crippen LogP contribution is 2.67. The number of nitrogens with one attached hydrogen (secondary N) is 1. The van der Waals surface area contributed by atoms with Crippen LogP contribution in [0.4, 0.5) is 0 Å². The number of aliphatic hydroxyl groups is 3. The molecule has 0 aromatic carbocycles. The third-order valence-corrected chi connectivity index (χ3v) is 10.5. The van der Waals surface area contributed by atoms with E-state index in [-0.39, 0.29) is 41.8 Å². The number of carboxylic acids is 1. The van der Waals surface area contributed by atoms with Gasteiger partial charge in [0.1, 0.15) is 5.60 Å². The molecule has 40 heavy (non-hydrogen) atoms. The minimum atomic E-state index is -1.78. The van der Waals surface area contributed by atoms with E-state index in [4.69, 9.17) is 9.84 Å². The highest BCUT2D eigenvalue weighted by atomic mass is 16.5. The van der Waals surface area contributed by atoms with Crippen LogP contribution < -0.4 is 5.32 Å². The van der Waals surface area contributed by atoms with Gasteiger partial charge in [0.15, 0.2) is 18.4 Å². The predicted octanol–water partition coefficient (Wildman–Crippen LogP) is 1.06. The Bertz CT molecular complexity index is 1120. The Kier molecular flexibility index (Phi) is 8.33. The summed E-state index contributed by atoms with van der Waals surface area (Å²) >= 11 is 0. The highest BCUT2D eigenvalue weighted by molar-refractivity contribution is 5.92. The first kappa shape index (κ1) is 30.3. The number of aliphatic carboxylic acids is 1. The average molecular weight is 564 g/mol. The Morgan fingerprint density at radius 3 is 2.48 bits per heavy atom. The number of esters is 1. The van der Waals surface area contributed by atoms with Crippen molar-refractivity contribution in [3.05, 3.63) is 11.6 Å². The van der Waals surface area contributed by atoms with Crippen molar-refractivity contribution in [2.45, 2.75) is 102 Å². The molecule has 4 rings (SSSR count). The van der Waals surface area contributed by atoms with Crippen molar-refractivity contribution in [3.8, 4) is 0 Å². The molecule has 0 aromatic rings. The molecule has 0 aromatic heterocycles. The fraction of sp³-hybridized carbons (Fsp3) is 0.759. The van der Waals surface area contributed by atoms with Crippen molar-refractivity contribution >= 4 is 29.4 Å². The van der Waals surface area contributed by atoms with Gasteiger partial charge in [-0.05, 0) is 74.7 Å². The number of Topliss-reactive ketones (excluding diaryl/α,β-unsaturated/α-hetero) is 1. The number of aliphatic hydroxyl groups excluding tert-OH is 2. The van der Waals surface area contributed by atoms with Crippen LogP contribution in [-0.2, 0) is 28.7 Å². The van der Waals surface area contributed by atoms with E-state index in [1.807, 2.05) is 6.92 Å². The largest absolute Gasteiger partial charge is 0.480 e. The van der Waals surface area contributed by atoms with E-state index < -0.39 is 72.3 Å². The second-order valence-electron chi connectivity index (χ2n) is 12.7. The maximum atomic E-state index is 13.3. The molecule has 0 spiro atoms. The van der Waals surface area contributed by atoms with Gasteiger partial charge in [0.25, 0.3) is 0 Å². The van der Waals surface area contributed by atoms with Crippen molar-refractivity contribution in [1.29, 1.82) is 0 Å². The third-order valence-electron chi connectivity index (χ3n) is 10.5. The summed E-state index contributed by atoms with van der Waals surface area (Å²) in [4.78, 5) is 60.8. The van der Waals surface area contributed by atoms with Crippen LogP contribution in [0.25, 0.3) is 0 Å². The summed E-state index contributed by atoms with van der Waals surface area (Å²) in [6.45, 7) is 4.51. The molecule has 0 saturated heterocycles. The van der Waals surface area contributed by atoms with E-state index in [2.05, 4.69) is 12.2 Å². The average Bonchev–Trinajstić information content (AvgIpc) is 3.15. The number of hydrogen-bond acceptors (Lipinski definition) is 9. The SMILES string of the molecule is C[C@H](O)[C@@H](NC(=O)CCC(=O)OCC(=O)[C@@]1(O)CC[C@H]2[C@@H]3CCC4=CC(=O)CC[C@]4(C)[C@H]3[C@@H](O)C[C@@]21C)C(=O)O. The zero-order valence-corrected chi connectivity index (χ0v) is 23.4. The highest BCUT2D eigenvalue weighted by Gasteiger charge is 2.68. The van der Waals surface area contributed by atoms with E-state index in [0.717, 1.165) is 18.4 Å². The van der Waals surface area contributed by atoms with E-state index in [1.165, 1.54) is 6.92 Å². The lowest BCUT2D eigenvalue weighted by Crippen LogP contribution is -2.62. The number of carbonyl (C=O) groups is 5. The number of amides is 1. The van der Waals surface area contributed by atoms with E-state index in [9.17, 15) is 39.3 Å². The van der Waals surface area contributed by atoms with Gasteiger partial charge >= 0.3 is 11.9 Å². The van der Waals surface area contributed by atoms with Crippen LogP contribution in [0.15, 0.2) is 11.6 Å². The van der Waals surface area contributed by atoms with Gasteiger partial charge in [-0.3, -0.25) is 19.2 Å². The lowest BCUT2D eigenvalue weighted by Gasteiger charge is -2.60. The molecule has 0 bridgehead atoms. The zero-order chi connectivity index (χ0) is 29.6. The van der Waals surface area contributed by atoms with Crippen LogP contribution >= 0.6 is 0 Å². The zero-order valence-electron chi connectivity index (χ0n) is 23.4. The molecule has 222 valence electrons. The number of hydrogen-bond donors (Lipinski definition) is 5. The lowest BCUT2D eigenvalue weighted by atomic mass is 9.45. The number of rotatable bonds is 9. The number of ether oxygens (including phenoxy) is 1. The minimum Gasteiger partial charge on any atom is -0.480 e. The number of allylic oxidation sites excluding steroid dienone is 1. The van der Waals surface area contributed by atoms with E-state index in [1.54, 1.807) is 6.08 Å². The number of carbonyl (C=O) groups excluding carboxylic acids is 4. The molecule has 0 radical (unpaired) electrons. The molecule has 4 aliphatic rings. The van der Waals surface area contributed by atoms with Gasteiger partial charge in [-0.25, -0.2) is 4.79 Å². The maximum Gasteiger partial charge on any atom is 0.328 e. The summed E-state index contributed by atoms with van der Waals surface area (Å²) in [5.74, 6) is -3.55. The number of fused-ring (bicyclic) bond motifs is 5. The first-order valence-electron chi connectivity index (χ1n) is 14.2. The van der Waals surface area contributed by atoms with Gasteiger partial charge in [-0.2, -0.15) is 0 Å². The molecular weight excluding hydrogens is 522 g/mol. The molecule has 11 heteroatoms. The molecule has 0 aliphatic heterocycles. The van der Waals surface area contributed by atoms with E-state index in [0.29, 0.717) is 19.3 Å². The Morgan fingerprint density at radius 1 is 1.12 bits per heavy atom. The second-order valence-corrected chi connectivity index (χ2v) is 12.7.